The Labute approximate surface area is 218 Å². The van der Waals surface area contributed by atoms with E-state index in [4.69, 9.17) is 14.5 Å². The molecule has 1 heterocycles. The number of unbranched alkanes of at least 4 members (excludes halogenated alkanes) is 1. The number of carbonyl (C=O) groups excluding carboxylic acids is 1. The molecule has 4 aromatic rings. The molecule has 0 bridgehead atoms. The molecule has 0 saturated carbocycles. The van der Waals surface area contributed by atoms with Gasteiger partial charge in [0.15, 0.2) is 11.5 Å². The third-order valence-corrected chi connectivity index (χ3v) is 6.21. The molecule has 0 atom stereocenters. The maximum absolute atomic E-state index is 12.3. The Morgan fingerprint density at radius 3 is 2.59 bits per heavy atom. The first-order valence-corrected chi connectivity index (χ1v) is 12.9. The molecular formula is C31H35N3O3. The van der Waals surface area contributed by atoms with E-state index >= 15 is 0 Å². The van der Waals surface area contributed by atoms with Crippen LogP contribution in [0.25, 0.3) is 17.1 Å². The van der Waals surface area contributed by atoms with Gasteiger partial charge in [0.25, 0.3) is 5.91 Å². The molecular weight excluding hydrogens is 462 g/mol. The zero-order chi connectivity index (χ0) is 25.9. The van der Waals surface area contributed by atoms with Crippen molar-refractivity contribution in [2.24, 2.45) is 0 Å². The number of nitrogens with one attached hydrogen (secondary N) is 1. The van der Waals surface area contributed by atoms with Crippen LogP contribution in [0.2, 0.25) is 0 Å². The van der Waals surface area contributed by atoms with Crippen molar-refractivity contribution in [2.45, 2.75) is 39.2 Å². The molecule has 0 fully saturated rings. The minimum absolute atomic E-state index is 0.0396. The summed E-state index contributed by atoms with van der Waals surface area (Å²) in [7, 11) is 1.67. The molecule has 6 heteroatoms. The van der Waals surface area contributed by atoms with E-state index in [1.54, 1.807) is 7.11 Å². The lowest BCUT2D eigenvalue weighted by Gasteiger charge is -2.12. The zero-order valence-electron chi connectivity index (χ0n) is 21.7. The van der Waals surface area contributed by atoms with Gasteiger partial charge in [-0.1, -0.05) is 48.6 Å². The fourth-order valence-electron chi connectivity index (χ4n) is 4.36. The molecule has 3 aromatic carbocycles. The summed E-state index contributed by atoms with van der Waals surface area (Å²) in [5.74, 6) is 2.53. The molecule has 192 valence electrons. The van der Waals surface area contributed by atoms with Crippen LogP contribution in [0.15, 0.2) is 78.9 Å². The molecule has 1 aromatic heterocycles. The summed E-state index contributed by atoms with van der Waals surface area (Å²) >= 11 is 0. The van der Waals surface area contributed by atoms with Crippen molar-refractivity contribution in [3.63, 3.8) is 0 Å². The lowest BCUT2D eigenvalue weighted by molar-refractivity contribution is 0.0953. The summed E-state index contributed by atoms with van der Waals surface area (Å²) in [5.41, 5.74) is 3.93. The number of carbonyl (C=O) groups is 1. The quantitative estimate of drug-likeness (QED) is 0.220. The molecule has 37 heavy (non-hydrogen) atoms. The maximum atomic E-state index is 12.3. The molecule has 0 saturated heterocycles. The van der Waals surface area contributed by atoms with Crippen LogP contribution in [0.5, 0.6) is 11.5 Å². The van der Waals surface area contributed by atoms with E-state index in [2.05, 4.69) is 28.1 Å². The largest absolute Gasteiger partial charge is 0.493 e. The number of amides is 1. The lowest BCUT2D eigenvalue weighted by Crippen LogP contribution is -2.24. The van der Waals surface area contributed by atoms with Gasteiger partial charge in [-0.05, 0) is 68.1 Å². The minimum atomic E-state index is -0.0396. The van der Waals surface area contributed by atoms with E-state index in [0.29, 0.717) is 18.7 Å². The van der Waals surface area contributed by atoms with Crippen molar-refractivity contribution in [1.82, 2.24) is 14.9 Å². The zero-order valence-corrected chi connectivity index (χ0v) is 21.7. The average Bonchev–Trinajstić information content (AvgIpc) is 3.29. The number of fused-ring (bicyclic) bond motifs is 1. The van der Waals surface area contributed by atoms with Crippen molar-refractivity contribution in [3.05, 3.63) is 95.8 Å². The minimum Gasteiger partial charge on any atom is -0.493 e. The van der Waals surface area contributed by atoms with E-state index in [0.717, 1.165) is 66.1 Å². The fraction of sp³-hybridized carbons (Fsp3) is 0.290. The number of imidazole rings is 1. The summed E-state index contributed by atoms with van der Waals surface area (Å²) in [4.78, 5) is 17.2. The number of methoxy groups -OCH3 is 1. The van der Waals surface area contributed by atoms with Gasteiger partial charge in [-0.3, -0.25) is 4.79 Å². The first-order valence-electron chi connectivity index (χ1n) is 12.9. The van der Waals surface area contributed by atoms with Gasteiger partial charge in [-0.25, -0.2) is 4.98 Å². The third kappa shape index (κ3) is 7.00. The molecule has 0 aliphatic carbocycles. The Bertz CT molecular complexity index is 1330. The Morgan fingerprint density at radius 1 is 0.973 bits per heavy atom. The molecule has 6 nitrogen and oxygen atoms in total. The van der Waals surface area contributed by atoms with Crippen molar-refractivity contribution in [1.29, 1.82) is 0 Å². The SMILES string of the molecule is C/C=C/c1ccc(OCCCCn2c(CCCNC(=O)c3ccccc3)nc3ccccc32)c(OC)c1. The Morgan fingerprint density at radius 2 is 1.78 bits per heavy atom. The van der Waals surface area contributed by atoms with Crippen LogP contribution in [-0.2, 0) is 13.0 Å². The second-order valence-corrected chi connectivity index (χ2v) is 8.86. The van der Waals surface area contributed by atoms with Crippen LogP contribution >= 0.6 is 0 Å². The van der Waals surface area contributed by atoms with Crippen molar-refractivity contribution in [3.8, 4) is 11.5 Å². The first-order chi connectivity index (χ1) is 18.2. The summed E-state index contributed by atoms with van der Waals surface area (Å²) < 4.78 is 13.8. The maximum Gasteiger partial charge on any atom is 0.251 e. The van der Waals surface area contributed by atoms with Crippen molar-refractivity contribution in [2.75, 3.05) is 20.3 Å². The third-order valence-electron chi connectivity index (χ3n) is 6.21. The molecule has 0 radical (unpaired) electrons. The summed E-state index contributed by atoms with van der Waals surface area (Å²) in [6.45, 7) is 4.09. The number of hydrogen-bond donors (Lipinski definition) is 1. The van der Waals surface area contributed by atoms with Crippen LogP contribution in [0.4, 0.5) is 0 Å². The number of rotatable bonds is 13. The average molecular weight is 498 g/mol. The van der Waals surface area contributed by atoms with Gasteiger partial charge < -0.3 is 19.4 Å². The monoisotopic (exact) mass is 497 g/mol. The normalized spacial score (nSPS) is 11.2. The number of benzene rings is 3. The molecule has 1 amide bonds. The molecule has 4 rings (SSSR count). The molecule has 0 spiro atoms. The number of allylic oxidation sites excluding steroid dienone is 1. The van der Waals surface area contributed by atoms with Crippen LogP contribution in [-0.4, -0.2) is 35.7 Å². The van der Waals surface area contributed by atoms with Crippen molar-refractivity contribution < 1.29 is 14.3 Å². The van der Waals surface area contributed by atoms with Gasteiger partial charge in [0.05, 0.1) is 24.8 Å². The van der Waals surface area contributed by atoms with Gasteiger partial charge >= 0.3 is 0 Å². The van der Waals surface area contributed by atoms with Crippen molar-refractivity contribution >= 4 is 23.0 Å². The number of aromatic nitrogens is 2. The topological polar surface area (TPSA) is 65.4 Å². The van der Waals surface area contributed by atoms with Gasteiger partial charge in [0, 0.05) is 25.1 Å². The Hall–Kier alpha value is -4.06. The molecule has 0 aliphatic heterocycles. The summed E-state index contributed by atoms with van der Waals surface area (Å²) in [6.07, 6.45) is 7.56. The van der Waals surface area contributed by atoms with E-state index in [1.807, 2.05) is 73.7 Å². The smallest absolute Gasteiger partial charge is 0.251 e. The van der Waals surface area contributed by atoms with Crippen LogP contribution in [0.3, 0.4) is 0 Å². The van der Waals surface area contributed by atoms with Gasteiger partial charge in [-0.15, -0.1) is 0 Å². The number of hydrogen-bond acceptors (Lipinski definition) is 4. The first kappa shape index (κ1) is 26.0. The highest BCUT2D eigenvalue weighted by Gasteiger charge is 2.11. The molecule has 0 unspecified atom stereocenters. The molecule has 1 N–H and O–H groups in total. The van der Waals surface area contributed by atoms with E-state index in [9.17, 15) is 4.79 Å². The fourth-order valence-corrected chi connectivity index (χ4v) is 4.36. The van der Waals surface area contributed by atoms with E-state index in [1.165, 1.54) is 0 Å². The second-order valence-electron chi connectivity index (χ2n) is 8.86. The Balaban J connectivity index is 1.29. The number of para-hydroxylation sites is 2. The second kappa shape index (κ2) is 13.3. The predicted molar refractivity (Wildman–Crippen MR) is 149 cm³/mol. The van der Waals surface area contributed by atoms with Crippen LogP contribution in [0, 0.1) is 0 Å². The van der Waals surface area contributed by atoms with Crippen LogP contribution < -0.4 is 14.8 Å². The van der Waals surface area contributed by atoms with E-state index < -0.39 is 0 Å². The lowest BCUT2D eigenvalue weighted by atomic mass is 10.2. The number of ether oxygens (including phenoxy) is 2. The standard InChI is InChI=1S/C31H35N3O3/c1-3-12-24-18-19-28(29(23-24)36-2)37-22-10-9-21-34-27-16-8-7-15-26(27)33-30(34)17-11-20-32-31(35)25-13-5-4-6-14-25/h3-8,12-16,18-19,23H,9-11,17,20-22H2,1-2H3,(H,32,35)/b12-3+. The van der Waals surface area contributed by atoms with Gasteiger partial charge in [0.2, 0.25) is 0 Å². The number of nitrogens with zero attached hydrogens (tertiary/aromatic N) is 2. The van der Waals surface area contributed by atoms with Gasteiger partial charge in [0.1, 0.15) is 5.82 Å². The Kier molecular flexibility index (Phi) is 9.35. The molecule has 0 aliphatic rings. The van der Waals surface area contributed by atoms with Gasteiger partial charge in [-0.2, -0.15) is 0 Å². The highest BCUT2D eigenvalue weighted by atomic mass is 16.5. The predicted octanol–water partition coefficient (Wildman–Crippen LogP) is 6.30. The number of aryl methyl sites for hydroxylation is 2. The van der Waals surface area contributed by atoms with E-state index in [-0.39, 0.29) is 5.91 Å². The highest BCUT2D eigenvalue weighted by Crippen LogP contribution is 2.29. The summed E-state index contributed by atoms with van der Waals surface area (Å²) in [6, 6.07) is 23.5. The summed E-state index contributed by atoms with van der Waals surface area (Å²) in [5, 5.41) is 3.01. The van der Waals surface area contributed by atoms with Crippen LogP contribution in [0.1, 0.15) is 47.9 Å². The highest BCUT2D eigenvalue weighted by molar-refractivity contribution is 5.94.